The molecule has 0 saturated heterocycles. The fraction of sp³-hybridized carbons (Fsp3) is 0.417. The van der Waals surface area contributed by atoms with Crippen LogP contribution in [0.3, 0.4) is 0 Å². The van der Waals surface area contributed by atoms with Gasteiger partial charge in [-0.25, -0.2) is 0 Å². The minimum absolute atomic E-state index is 0.136. The minimum atomic E-state index is -0.136. The summed E-state index contributed by atoms with van der Waals surface area (Å²) in [6, 6.07) is 5.22. The van der Waals surface area contributed by atoms with Crippen molar-refractivity contribution < 1.29 is 9.53 Å². The van der Waals surface area contributed by atoms with Gasteiger partial charge in [-0.2, -0.15) is 0 Å². The van der Waals surface area contributed by atoms with Crippen LogP contribution in [0, 0.1) is 0 Å². The summed E-state index contributed by atoms with van der Waals surface area (Å²) in [4.78, 5) is 11.4. The van der Waals surface area contributed by atoms with Gasteiger partial charge in [-0.15, -0.1) is 0 Å². The van der Waals surface area contributed by atoms with Crippen molar-refractivity contribution in [1.82, 2.24) is 5.32 Å². The number of amides is 1. The zero-order valence-corrected chi connectivity index (χ0v) is 10.2. The molecule has 0 aliphatic heterocycles. The van der Waals surface area contributed by atoms with Gasteiger partial charge in [0.15, 0.2) is 0 Å². The van der Waals surface area contributed by atoms with E-state index in [0.717, 1.165) is 18.7 Å². The van der Waals surface area contributed by atoms with Crippen molar-refractivity contribution in [2.24, 2.45) is 0 Å². The first-order valence-corrected chi connectivity index (χ1v) is 5.53. The summed E-state index contributed by atoms with van der Waals surface area (Å²) < 4.78 is 4.95. The van der Waals surface area contributed by atoms with E-state index in [2.05, 4.69) is 10.6 Å². The van der Waals surface area contributed by atoms with Gasteiger partial charge in [0, 0.05) is 32.9 Å². The molecule has 1 aromatic rings. The van der Waals surface area contributed by atoms with E-state index in [1.165, 1.54) is 0 Å². The van der Waals surface area contributed by atoms with Gasteiger partial charge in [-0.3, -0.25) is 4.79 Å². The highest BCUT2D eigenvalue weighted by molar-refractivity contribution is 5.95. The number of ether oxygens (including phenoxy) is 1. The summed E-state index contributed by atoms with van der Waals surface area (Å²) in [5, 5.41) is 5.75. The third-order valence-electron chi connectivity index (χ3n) is 2.38. The first kappa shape index (κ1) is 13.3. The molecule has 0 aromatic heterocycles. The molecule has 1 rings (SSSR count). The number of carbonyl (C=O) groups is 1. The first-order valence-electron chi connectivity index (χ1n) is 5.53. The quantitative estimate of drug-likeness (QED) is 0.511. The summed E-state index contributed by atoms with van der Waals surface area (Å²) in [6.45, 7) is 1.50. The van der Waals surface area contributed by atoms with Gasteiger partial charge in [-0.05, 0) is 24.6 Å². The molecule has 0 fully saturated rings. The predicted molar refractivity (Wildman–Crippen MR) is 69.2 cm³/mol. The fourth-order valence-electron chi connectivity index (χ4n) is 1.45. The molecule has 5 heteroatoms. The lowest BCUT2D eigenvalue weighted by Gasteiger charge is -2.10. The lowest BCUT2D eigenvalue weighted by Crippen LogP contribution is -2.18. The maximum Gasteiger partial charge on any atom is 0.251 e. The second-order valence-corrected chi connectivity index (χ2v) is 3.65. The van der Waals surface area contributed by atoms with Crippen LogP contribution >= 0.6 is 0 Å². The number of benzene rings is 1. The number of hydrogen-bond acceptors (Lipinski definition) is 4. The zero-order valence-electron chi connectivity index (χ0n) is 10.2. The molecule has 0 aliphatic carbocycles. The Hall–Kier alpha value is -1.75. The minimum Gasteiger partial charge on any atom is -0.397 e. The fourth-order valence-corrected chi connectivity index (χ4v) is 1.45. The molecule has 0 heterocycles. The van der Waals surface area contributed by atoms with Crippen molar-refractivity contribution in [1.29, 1.82) is 0 Å². The van der Waals surface area contributed by atoms with Crippen LogP contribution in [0.25, 0.3) is 0 Å². The molecule has 4 N–H and O–H groups in total. The molecule has 1 amide bonds. The van der Waals surface area contributed by atoms with Crippen LogP contribution in [0.2, 0.25) is 0 Å². The lowest BCUT2D eigenvalue weighted by atomic mass is 10.1. The molecule has 0 aliphatic rings. The second kappa shape index (κ2) is 6.75. The van der Waals surface area contributed by atoms with Crippen molar-refractivity contribution in [2.75, 3.05) is 38.4 Å². The van der Waals surface area contributed by atoms with E-state index in [1.807, 2.05) is 6.07 Å². The second-order valence-electron chi connectivity index (χ2n) is 3.65. The van der Waals surface area contributed by atoms with E-state index < -0.39 is 0 Å². The zero-order chi connectivity index (χ0) is 12.7. The highest BCUT2D eigenvalue weighted by Crippen LogP contribution is 2.19. The molecule has 94 valence electrons. The highest BCUT2D eigenvalue weighted by Gasteiger charge is 2.05. The van der Waals surface area contributed by atoms with Crippen molar-refractivity contribution in [3.05, 3.63) is 23.8 Å². The van der Waals surface area contributed by atoms with Gasteiger partial charge in [-0.1, -0.05) is 0 Å². The normalized spacial score (nSPS) is 10.0. The van der Waals surface area contributed by atoms with E-state index in [1.54, 1.807) is 26.3 Å². The smallest absolute Gasteiger partial charge is 0.251 e. The topological polar surface area (TPSA) is 76.4 Å². The van der Waals surface area contributed by atoms with E-state index in [-0.39, 0.29) is 5.91 Å². The van der Waals surface area contributed by atoms with Crippen molar-refractivity contribution in [3.63, 3.8) is 0 Å². The van der Waals surface area contributed by atoms with Crippen LogP contribution in [-0.4, -0.2) is 33.2 Å². The average molecular weight is 237 g/mol. The number of hydrogen-bond donors (Lipinski definition) is 3. The van der Waals surface area contributed by atoms with Gasteiger partial charge >= 0.3 is 0 Å². The van der Waals surface area contributed by atoms with Crippen molar-refractivity contribution in [3.8, 4) is 0 Å². The van der Waals surface area contributed by atoms with Crippen molar-refractivity contribution in [2.45, 2.75) is 6.42 Å². The molecule has 0 bridgehead atoms. The summed E-state index contributed by atoms with van der Waals surface area (Å²) in [5.41, 5.74) is 7.83. The molecule has 1 aromatic carbocycles. The lowest BCUT2D eigenvalue weighted by molar-refractivity contribution is 0.0963. The van der Waals surface area contributed by atoms with Gasteiger partial charge in [0.25, 0.3) is 5.91 Å². The number of nitrogens with one attached hydrogen (secondary N) is 2. The van der Waals surface area contributed by atoms with Crippen LogP contribution in [0.15, 0.2) is 18.2 Å². The molecule has 0 saturated carbocycles. The standard InChI is InChI=1S/C12H19N3O2/c1-14-12(16)9-4-5-11(10(13)8-9)15-6-3-7-17-2/h4-5,8,15H,3,6-7,13H2,1-2H3,(H,14,16). The monoisotopic (exact) mass is 237 g/mol. The van der Waals surface area contributed by atoms with Crippen LogP contribution in [-0.2, 0) is 4.74 Å². The Labute approximate surface area is 101 Å². The highest BCUT2D eigenvalue weighted by atomic mass is 16.5. The number of methoxy groups -OCH3 is 1. The maximum absolute atomic E-state index is 11.4. The van der Waals surface area contributed by atoms with Crippen LogP contribution in [0.4, 0.5) is 11.4 Å². The summed E-state index contributed by atoms with van der Waals surface area (Å²) >= 11 is 0. The molecule has 0 radical (unpaired) electrons. The Morgan fingerprint density at radius 3 is 2.82 bits per heavy atom. The molecule has 5 nitrogen and oxygen atoms in total. The number of carbonyl (C=O) groups excluding carboxylic acids is 1. The Balaban J connectivity index is 2.60. The van der Waals surface area contributed by atoms with Crippen molar-refractivity contribution >= 4 is 17.3 Å². The van der Waals surface area contributed by atoms with Gasteiger partial charge in [0.05, 0.1) is 11.4 Å². The maximum atomic E-state index is 11.4. The third kappa shape index (κ3) is 3.96. The molecule has 0 spiro atoms. The molecule has 17 heavy (non-hydrogen) atoms. The Bertz CT molecular complexity index is 380. The molecular formula is C12H19N3O2. The Morgan fingerprint density at radius 1 is 1.47 bits per heavy atom. The predicted octanol–water partition coefficient (Wildman–Crippen LogP) is 1.08. The molecular weight excluding hydrogens is 218 g/mol. The van der Waals surface area contributed by atoms with Crippen LogP contribution in [0.5, 0.6) is 0 Å². The number of nitrogens with two attached hydrogens (primary N) is 1. The number of rotatable bonds is 6. The van der Waals surface area contributed by atoms with Crippen LogP contribution < -0.4 is 16.4 Å². The van der Waals surface area contributed by atoms with E-state index >= 15 is 0 Å². The number of anilines is 2. The number of nitrogen functional groups attached to an aromatic ring is 1. The van der Waals surface area contributed by atoms with E-state index in [4.69, 9.17) is 10.5 Å². The van der Waals surface area contributed by atoms with Crippen LogP contribution in [0.1, 0.15) is 16.8 Å². The van der Waals surface area contributed by atoms with E-state index in [9.17, 15) is 4.79 Å². The summed E-state index contributed by atoms with van der Waals surface area (Å²) in [6.07, 6.45) is 0.910. The summed E-state index contributed by atoms with van der Waals surface area (Å²) in [7, 11) is 3.27. The Kier molecular flexibility index (Phi) is 5.29. The molecule has 0 unspecified atom stereocenters. The van der Waals surface area contributed by atoms with Gasteiger partial charge < -0.3 is 21.1 Å². The summed E-state index contributed by atoms with van der Waals surface area (Å²) in [5.74, 6) is -0.136. The van der Waals surface area contributed by atoms with E-state index in [0.29, 0.717) is 17.9 Å². The third-order valence-corrected chi connectivity index (χ3v) is 2.38. The SMILES string of the molecule is CNC(=O)c1ccc(NCCCOC)c(N)c1. The average Bonchev–Trinajstić information content (AvgIpc) is 2.35. The Morgan fingerprint density at radius 2 is 2.24 bits per heavy atom. The first-order chi connectivity index (χ1) is 8.19. The van der Waals surface area contributed by atoms with Gasteiger partial charge in [0.1, 0.15) is 0 Å². The largest absolute Gasteiger partial charge is 0.397 e. The van der Waals surface area contributed by atoms with Gasteiger partial charge in [0.2, 0.25) is 0 Å². The molecule has 0 atom stereocenters.